The normalized spacial score (nSPS) is 11.4. The minimum absolute atomic E-state index is 0.205. The monoisotopic (exact) mass is 374 g/mol. The van der Waals surface area contributed by atoms with E-state index in [2.05, 4.69) is 29.2 Å². The predicted molar refractivity (Wildman–Crippen MR) is 110 cm³/mol. The maximum Gasteiger partial charge on any atom is 0.332 e. The van der Waals surface area contributed by atoms with E-state index in [-0.39, 0.29) is 17.2 Å². The van der Waals surface area contributed by atoms with Crippen LogP contribution in [0.15, 0.2) is 76.6 Å². The Morgan fingerprint density at radius 1 is 0.857 bits per heavy atom. The standard InChI is InChI=1S/C22H22N4O2/c1-24-20-19(21(27)25(2)22(24)28)26(15-23-20)14-13-18(16-9-5-3-6-10-16)17-11-7-4-8-12-17/h3-12,15,18H,13-14H2,1-2H3. The number of rotatable bonds is 5. The van der Waals surface area contributed by atoms with Crippen LogP contribution < -0.4 is 11.2 Å². The van der Waals surface area contributed by atoms with Gasteiger partial charge >= 0.3 is 5.69 Å². The van der Waals surface area contributed by atoms with E-state index in [9.17, 15) is 9.59 Å². The average molecular weight is 374 g/mol. The Hall–Kier alpha value is -3.41. The number of aryl methyl sites for hydroxylation is 2. The quantitative estimate of drug-likeness (QED) is 0.540. The molecule has 0 bridgehead atoms. The average Bonchev–Trinajstić information content (AvgIpc) is 3.16. The number of fused-ring (bicyclic) bond motifs is 1. The first-order valence-electron chi connectivity index (χ1n) is 9.28. The van der Waals surface area contributed by atoms with Crippen molar-refractivity contribution in [2.75, 3.05) is 0 Å². The van der Waals surface area contributed by atoms with Crippen molar-refractivity contribution in [3.63, 3.8) is 0 Å². The molecule has 142 valence electrons. The molecule has 0 aliphatic heterocycles. The minimum Gasteiger partial charge on any atom is -0.325 e. The molecule has 0 radical (unpaired) electrons. The van der Waals surface area contributed by atoms with Gasteiger partial charge in [-0.05, 0) is 17.5 Å². The molecule has 4 rings (SSSR count). The number of nitrogens with zero attached hydrogens (tertiary/aromatic N) is 4. The van der Waals surface area contributed by atoms with Crippen LogP contribution in [0.4, 0.5) is 0 Å². The van der Waals surface area contributed by atoms with Crippen LogP contribution in [0.2, 0.25) is 0 Å². The highest BCUT2D eigenvalue weighted by molar-refractivity contribution is 5.69. The molecule has 28 heavy (non-hydrogen) atoms. The summed E-state index contributed by atoms with van der Waals surface area (Å²) in [7, 11) is 3.14. The van der Waals surface area contributed by atoms with E-state index < -0.39 is 0 Å². The van der Waals surface area contributed by atoms with E-state index in [0.29, 0.717) is 17.7 Å². The molecule has 4 aromatic rings. The van der Waals surface area contributed by atoms with Gasteiger partial charge in [-0.15, -0.1) is 0 Å². The van der Waals surface area contributed by atoms with Gasteiger partial charge in [0.1, 0.15) is 0 Å². The molecule has 0 spiro atoms. The number of hydrogen-bond acceptors (Lipinski definition) is 3. The third-order valence-corrected chi connectivity index (χ3v) is 5.28. The zero-order valence-corrected chi connectivity index (χ0v) is 15.9. The largest absolute Gasteiger partial charge is 0.332 e. The van der Waals surface area contributed by atoms with Gasteiger partial charge in [0.2, 0.25) is 0 Å². The van der Waals surface area contributed by atoms with E-state index in [4.69, 9.17) is 0 Å². The maximum absolute atomic E-state index is 12.7. The molecule has 0 fully saturated rings. The van der Waals surface area contributed by atoms with Gasteiger partial charge in [0.25, 0.3) is 5.56 Å². The number of hydrogen-bond donors (Lipinski definition) is 0. The van der Waals surface area contributed by atoms with Crippen molar-refractivity contribution in [1.82, 2.24) is 18.7 Å². The van der Waals surface area contributed by atoms with Gasteiger partial charge in [0.05, 0.1) is 6.33 Å². The van der Waals surface area contributed by atoms with Crippen molar-refractivity contribution in [2.24, 2.45) is 14.1 Å². The lowest BCUT2D eigenvalue weighted by molar-refractivity contribution is 0.602. The minimum atomic E-state index is -0.366. The molecule has 0 saturated carbocycles. The topological polar surface area (TPSA) is 61.8 Å². The Balaban J connectivity index is 1.73. The highest BCUT2D eigenvalue weighted by atomic mass is 16.2. The molecule has 2 aromatic carbocycles. The van der Waals surface area contributed by atoms with Gasteiger partial charge in [0, 0.05) is 26.6 Å². The van der Waals surface area contributed by atoms with E-state index in [1.165, 1.54) is 22.7 Å². The first-order chi connectivity index (χ1) is 13.6. The first-order valence-corrected chi connectivity index (χ1v) is 9.28. The molecule has 0 N–H and O–H groups in total. The zero-order valence-electron chi connectivity index (χ0n) is 15.9. The van der Waals surface area contributed by atoms with Gasteiger partial charge in [-0.1, -0.05) is 60.7 Å². The molecule has 0 aliphatic carbocycles. The fourth-order valence-electron chi connectivity index (χ4n) is 3.73. The van der Waals surface area contributed by atoms with Crippen LogP contribution in [0, 0.1) is 0 Å². The molecule has 0 amide bonds. The van der Waals surface area contributed by atoms with Crippen LogP contribution in [0.1, 0.15) is 23.5 Å². The SMILES string of the molecule is Cn1c(=O)c2c(ncn2CCC(c2ccccc2)c2ccccc2)n(C)c1=O. The lowest BCUT2D eigenvalue weighted by Gasteiger charge is -2.18. The van der Waals surface area contributed by atoms with Crippen LogP contribution in [-0.2, 0) is 20.6 Å². The Morgan fingerprint density at radius 3 is 2.00 bits per heavy atom. The van der Waals surface area contributed by atoms with Crippen LogP contribution in [0.5, 0.6) is 0 Å². The summed E-state index contributed by atoms with van der Waals surface area (Å²) in [6, 6.07) is 20.7. The summed E-state index contributed by atoms with van der Waals surface area (Å²) in [5, 5.41) is 0. The summed E-state index contributed by atoms with van der Waals surface area (Å²) in [6.45, 7) is 0.623. The maximum atomic E-state index is 12.7. The lowest BCUT2D eigenvalue weighted by Crippen LogP contribution is -2.37. The summed E-state index contributed by atoms with van der Waals surface area (Å²) in [5.41, 5.74) is 2.67. The van der Waals surface area contributed by atoms with Gasteiger partial charge in [-0.25, -0.2) is 9.78 Å². The molecular weight excluding hydrogens is 352 g/mol. The van der Waals surface area contributed by atoms with Crippen molar-refractivity contribution >= 4 is 11.2 Å². The molecule has 6 heteroatoms. The third-order valence-electron chi connectivity index (χ3n) is 5.28. The highest BCUT2D eigenvalue weighted by Gasteiger charge is 2.17. The molecule has 0 unspecified atom stereocenters. The van der Waals surface area contributed by atoms with Gasteiger partial charge in [-0.3, -0.25) is 13.9 Å². The van der Waals surface area contributed by atoms with Crippen molar-refractivity contribution in [3.8, 4) is 0 Å². The van der Waals surface area contributed by atoms with E-state index in [1.54, 1.807) is 13.4 Å². The van der Waals surface area contributed by atoms with E-state index in [1.807, 2.05) is 41.0 Å². The van der Waals surface area contributed by atoms with Crippen LogP contribution in [-0.4, -0.2) is 18.7 Å². The number of imidazole rings is 1. The van der Waals surface area contributed by atoms with Crippen molar-refractivity contribution in [1.29, 1.82) is 0 Å². The van der Waals surface area contributed by atoms with Gasteiger partial charge in [-0.2, -0.15) is 0 Å². The van der Waals surface area contributed by atoms with E-state index >= 15 is 0 Å². The van der Waals surface area contributed by atoms with Crippen LogP contribution in [0.3, 0.4) is 0 Å². The smallest absolute Gasteiger partial charge is 0.325 e. The Bertz CT molecular complexity index is 1180. The Morgan fingerprint density at radius 2 is 1.43 bits per heavy atom. The summed E-state index contributed by atoms with van der Waals surface area (Å²) in [4.78, 5) is 29.1. The summed E-state index contributed by atoms with van der Waals surface area (Å²) in [5.74, 6) is 0.205. The van der Waals surface area contributed by atoms with Crippen molar-refractivity contribution in [2.45, 2.75) is 18.9 Å². The molecule has 0 saturated heterocycles. The number of benzene rings is 2. The third kappa shape index (κ3) is 3.07. The van der Waals surface area contributed by atoms with Crippen LogP contribution >= 0.6 is 0 Å². The molecule has 2 aromatic heterocycles. The summed E-state index contributed by atoms with van der Waals surface area (Å²) < 4.78 is 4.40. The fraction of sp³-hybridized carbons (Fsp3) is 0.227. The lowest BCUT2D eigenvalue weighted by atomic mass is 9.88. The molecular formula is C22H22N4O2. The van der Waals surface area contributed by atoms with E-state index in [0.717, 1.165) is 11.0 Å². The van der Waals surface area contributed by atoms with Crippen molar-refractivity contribution in [3.05, 3.63) is 99.0 Å². The second kappa shape index (κ2) is 7.31. The highest BCUT2D eigenvalue weighted by Crippen LogP contribution is 2.28. The second-order valence-corrected chi connectivity index (χ2v) is 6.98. The molecule has 0 aliphatic rings. The zero-order chi connectivity index (χ0) is 19.7. The molecule has 0 atom stereocenters. The molecule has 2 heterocycles. The Labute approximate surface area is 162 Å². The first kappa shape index (κ1) is 18.0. The van der Waals surface area contributed by atoms with Gasteiger partial charge in [0.15, 0.2) is 11.2 Å². The fourth-order valence-corrected chi connectivity index (χ4v) is 3.73. The molecule has 6 nitrogen and oxygen atoms in total. The predicted octanol–water partition coefficient (Wildman–Crippen LogP) is 2.66. The Kier molecular flexibility index (Phi) is 4.69. The van der Waals surface area contributed by atoms with Crippen LogP contribution in [0.25, 0.3) is 11.2 Å². The second-order valence-electron chi connectivity index (χ2n) is 6.98. The van der Waals surface area contributed by atoms with Gasteiger partial charge < -0.3 is 4.57 Å². The number of aromatic nitrogens is 4. The summed E-state index contributed by atoms with van der Waals surface area (Å²) in [6.07, 6.45) is 2.46. The van der Waals surface area contributed by atoms with Crippen molar-refractivity contribution < 1.29 is 0 Å². The summed E-state index contributed by atoms with van der Waals surface area (Å²) >= 11 is 0.